The molecule has 114 valence electrons. The summed E-state index contributed by atoms with van der Waals surface area (Å²) in [6.07, 6.45) is 0.819. The van der Waals surface area contributed by atoms with Crippen LogP contribution in [0.2, 0.25) is 0 Å². The van der Waals surface area contributed by atoms with Gasteiger partial charge in [0.05, 0.1) is 12.5 Å². The molecule has 1 aromatic carbocycles. The average molecular weight is 279 g/mol. The monoisotopic (exact) mass is 279 g/mol. The number of nitrogens with zero attached hydrogens (tertiary/aromatic N) is 1. The highest BCUT2D eigenvalue weighted by atomic mass is 16.5. The molecule has 3 heteroatoms. The lowest BCUT2D eigenvalue weighted by Crippen LogP contribution is -2.24. The number of ether oxygens (including phenoxy) is 1. The number of rotatable bonds is 3. The molecule has 0 bridgehead atoms. The van der Waals surface area contributed by atoms with Crippen molar-refractivity contribution in [2.24, 2.45) is 5.41 Å². The van der Waals surface area contributed by atoms with E-state index in [9.17, 15) is 4.79 Å². The van der Waals surface area contributed by atoms with Gasteiger partial charge in [0.15, 0.2) is 0 Å². The molecule has 0 amide bonds. The Morgan fingerprint density at radius 3 is 2.10 bits per heavy atom. The van der Waals surface area contributed by atoms with E-state index in [4.69, 9.17) is 0 Å². The van der Waals surface area contributed by atoms with E-state index < -0.39 is 0 Å². The average Bonchev–Trinajstić information content (AvgIpc) is 2.40. The second-order valence-corrected chi connectivity index (χ2v) is 5.91. The number of anilines is 1. The summed E-state index contributed by atoms with van der Waals surface area (Å²) in [4.78, 5) is 13.0. The number of hydrogen-bond acceptors (Lipinski definition) is 3. The minimum atomic E-state index is -0.311. The second kappa shape index (κ2) is 7.93. The zero-order valence-corrected chi connectivity index (χ0v) is 14.2. The molecule has 0 aliphatic rings. The molecule has 0 spiro atoms. The molecule has 1 rings (SSSR count). The van der Waals surface area contributed by atoms with Crippen LogP contribution in [0.4, 0.5) is 5.69 Å². The first kappa shape index (κ1) is 18.5. The SMILES string of the molecule is CCC(C)(C)C(=O)OC.Cc1ccc(C)c(N(C)C)c1. The van der Waals surface area contributed by atoms with Crippen LogP contribution in [-0.4, -0.2) is 27.2 Å². The minimum absolute atomic E-state index is 0.134. The van der Waals surface area contributed by atoms with Crippen LogP contribution in [-0.2, 0) is 9.53 Å². The number of hydrogen-bond donors (Lipinski definition) is 0. The predicted molar refractivity (Wildman–Crippen MR) is 86.3 cm³/mol. The van der Waals surface area contributed by atoms with Gasteiger partial charge in [0.1, 0.15) is 0 Å². The van der Waals surface area contributed by atoms with Gasteiger partial charge in [-0.3, -0.25) is 4.79 Å². The largest absolute Gasteiger partial charge is 0.469 e. The van der Waals surface area contributed by atoms with Crippen LogP contribution in [0.5, 0.6) is 0 Å². The Bertz CT molecular complexity index is 437. The van der Waals surface area contributed by atoms with Crippen LogP contribution in [0, 0.1) is 19.3 Å². The van der Waals surface area contributed by atoms with E-state index in [2.05, 4.69) is 55.8 Å². The molecule has 0 saturated carbocycles. The fourth-order valence-electron chi connectivity index (χ4n) is 1.62. The predicted octanol–water partition coefficient (Wildman–Crippen LogP) is 3.97. The van der Waals surface area contributed by atoms with Gasteiger partial charge in [0.2, 0.25) is 0 Å². The van der Waals surface area contributed by atoms with Gasteiger partial charge in [-0.25, -0.2) is 0 Å². The molecule has 20 heavy (non-hydrogen) atoms. The Hall–Kier alpha value is -1.51. The first-order chi connectivity index (χ1) is 9.15. The van der Waals surface area contributed by atoms with Crippen LogP contribution in [0.15, 0.2) is 18.2 Å². The lowest BCUT2D eigenvalue weighted by atomic mass is 9.91. The smallest absolute Gasteiger partial charge is 0.311 e. The van der Waals surface area contributed by atoms with Gasteiger partial charge in [-0.1, -0.05) is 19.1 Å². The fourth-order valence-corrected chi connectivity index (χ4v) is 1.62. The van der Waals surface area contributed by atoms with Gasteiger partial charge >= 0.3 is 5.97 Å². The summed E-state index contributed by atoms with van der Waals surface area (Å²) in [5.74, 6) is -0.134. The van der Waals surface area contributed by atoms with Gasteiger partial charge < -0.3 is 9.64 Å². The maximum absolute atomic E-state index is 10.8. The van der Waals surface area contributed by atoms with Gasteiger partial charge in [0, 0.05) is 19.8 Å². The summed E-state index contributed by atoms with van der Waals surface area (Å²) in [5, 5.41) is 0. The van der Waals surface area contributed by atoms with Gasteiger partial charge in [0.25, 0.3) is 0 Å². The Balaban J connectivity index is 0.000000370. The van der Waals surface area contributed by atoms with E-state index >= 15 is 0 Å². The summed E-state index contributed by atoms with van der Waals surface area (Å²) in [7, 11) is 5.56. The molecule has 0 heterocycles. The lowest BCUT2D eigenvalue weighted by Gasteiger charge is -2.17. The topological polar surface area (TPSA) is 29.5 Å². The molecule has 0 unspecified atom stereocenters. The Morgan fingerprint density at radius 2 is 1.80 bits per heavy atom. The van der Waals surface area contributed by atoms with E-state index in [0.717, 1.165) is 6.42 Å². The van der Waals surface area contributed by atoms with Crippen molar-refractivity contribution in [1.29, 1.82) is 0 Å². The Kier molecular flexibility index (Phi) is 7.33. The third-order valence-electron chi connectivity index (χ3n) is 3.47. The molecule has 0 aromatic heterocycles. The molecule has 3 nitrogen and oxygen atoms in total. The van der Waals surface area contributed by atoms with E-state index in [1.165, 1.54) is 23.9 Å². The highest BCUT2D eigenvalue weighted by Gasteiger charge is 2.25. The van der Waals surface area contributed by atoms with Crippen molar-refractivity contribution in [3.05, 3.63) is 29.3 Å². The summed E-state index contributed by atoms with van der Waals surface area (Å²) in [6, 6.07) is 6.50. The molecule has 0 radical (unpaired) electrons. The third-order valence-corrected chi connectivity index (χ3v) is 3.47. The summed E-state index contributed by atoms with van der Waals surface area (Å²) in [6.45, 7) is 9.97. The summed E-state index contributed by atoms with van der Waals surface area (Å²) in [5.41, 5.74) is 3.65. The highest BCUT2D eigenvalue weighted by molar-refractivity contribution is 5.75. The van der Waals surface area contributed by atoms with Gasteiger partial charge in [-0.2, -0.15) is 0 Å². The van der Waals surface area contributed by atoms with Crippen molar-refractivity contribution >= 4 is 11.7 Å². The molecule has 0 fully saturated rings. The number of aryl methyl sites for hydroxylation is 2. The normalized spacial score (nSPS) is 10.4. The van der Waals surface area contributed by atoms with Gasteiger partial charge in [-0.05, 0) is 51.3 Å². The number of methoxy groups -OCH3 is 1. The van der Waals surface area contributed by atoms with Crippen molar-refractivity contribution in [3.8, 4) is 0 Å². The number of benzene rings is 1. The lowest BCUT2D eigenvalue weighted by molar-refractivity contribution is -0.150. The fraction of sp³-hybridized carbons (Fsp3) is 0.588. The second-order valence-electron chi connectivity index (χ2n) is 5.91. The van der Waals surface area contributed by atoms with Crippen LogP contribution in [0.3, 0.4) is 0 Å². The molecule has 1 aromatic rings. The quantitative estimate of drug-likeness (QED) is 0.784. The van der Waals surface area contributed by atoms with Crippen LogP contribution in [0.1, 0.15) is 38.3 Å². The van der Waals surface area contributed by atoms with E-state index in [1.54, 1.807) is 0 Å². The van der Waals surface area contributed by atoms with Crippen LogP contribution in [0.25, 0.3) is 0 Å². The van der Waals surface area contributed by atoms with Crippen molar-refractivity contribution in [2.45, 2.75) is 41.0 Å². The molecule has 0 aliphatic carbocycles. The first-order valence-corrected chi connectivity index (χ1v) is 6.98. The Morgan fingerprint density at radius 1 is 1.25 bits per heavy atom. The van der Waals surface area contributed by atoms with E-state index in [-0.39, 0.29) is 11.4 Å². The number of carbonyl (C=O) groups is 1. The first-order valence-electron chi connectivity index (χ1n) is 6.98. The Labute approximate surface area is 123 Å². The zero-order chi connectivity index (χ0) is 15.9. The van der Waals surface area contributed by atoms with Crippen LogP contribution < -0.4 is 4.90 Å². The van der Waals surface area contributed by atoms with Gasteiger partial charge in [-0.15, -0.1) is 0 Å². The van der Waals surface area contributed by atoms with Crippen molar-refractivity contribution in [1.82, 2.24) is 0 Å². The maximum Gasteiger partial charge on any atom is 0.311 e. The zero-order valence-electron chi connectivity index (χ0n) is 14.2. The molecule has 0 atom stereocenters. The third kappa shape index (κ3) is 5.64. The van der Waals surface area contributed by atoms with Crippen molar-refractivity contribution in [2.75, 3.05) is 26.1 Å². The summed E-state index contributed by atoms with van der Waals surface area (Å²) >= 11 is 0. The molecule has 0 N–H and O–H groups in total. The highest BCUT2D eigenvalue weighted by Crippen LogP contribution is 2.20. The molecular formula is C17H29NO2. The van der Waals surface area contributed by atoms with Crippen molar-refractivity contribution < 1.29 is 9.53 Å². The molecular weight excluding hydrogens is 250 g/mol. The van der Waals surface area contributed by atoms with E-state index in [0.29, 0.717) is 0 Å². The number of carbonyl (C=O) groups excluding carboxylic acids is 1. The standard InChI is InChI=1S/C10H15N.C7H14O2/c1-8-5-6-9(2)10(7-8)11(3)4;1-5-7(2,3)6(8)9-4/h5-7H,1-4H3;5H2,1-4H3. The number of esters is 1. The van der Waals surface area contributed by atoms with E-state index in [1.807, 2.05) is 20.8 Å². The maximum atomic E-state index is 10.8. The summed E-state index contributed by atoms with van der Waals surface area (Å²) < 4.78 is 4.57. The molecule has 0 aliphatic heterocycles. The van der Waals surface area contributed by atoms with Crippen molar-refractivity contribution in [3.63, 3.8) is 0 Å². The minimum Gasteiger partial charge on any atom is -0.469 e. The van der Waals surface area contributed by atoms with Crippen LogP contribution >= 0.6 is 0 Å². The molecule has 0 saturated heterocycles.